The first-order valence-electron chi connectivity index (χ1n) is 15.7. The fourth-order valence-electron chi connectivity index (χ4n) is 1.73. The molecule has 2 atom stereocenters. The Balaban J connectivity index is -0.0000000735. The predicted molar refractivity (Wildman–Crippen MR) is 175 cm³/mol. The summed E-state index contributed by atoms with van der Waals surface area (Å²) < 4.78 is 0. The first-order chi connectivity index (χ1) is 17.0. The normalized spacial score (nSPS) is 14.5. The molecule has 4 heteroatoms. The van der Waals surface area contributed by atoms with Crippen LogP contribution in [0.25, 0.3) is 0 Å². The molecular weight excluding hydrogens is 440 g/mol. The molecule has 0 aromatic carbocycles. The Labute approximate surface area is 233 Å². The number of hydrogen-bond donors (Lipinski definition) is 4. The molecule has 0 aliphatic heterocycles. The molecular formula is C32H80N4. The highest BCUT2D eigenvalue weighted by molar-refractivity contribution is 4.81. The molecule has 4 N–H and O–H groups in total. The summed E-state index contributed by atoms with van der Waals surface area (Å²) in [4.78, 5) is 0. The van der Waals surface area contributed by atoms with Crippen LogP contribution in [-0.2, 0) is 0 Å². The molecule has 2 saturated carbocycles. The Morgan fingerprint density at radius 1 is 0.556 bits per heavy atom. The van der Waals surface area contributed by atoms with Gasteiger partial charge in [0.15, 0.2) is 0 Å². The SMILES string of the molecule is CCC.CCC.CCC.CCC.CCC(C)NC.CNC(C)C.CNC(C)C1CC1.CNC1CCC1. The van der Waals surface area contributed by atoms with E-state index in [9.17, 15) is 0 Å². The van der Waals surface area contributed by atoms with Gasteiger partial charge >= 0.3 is 0 Å². The summed E-state index contributed by atoms with van der Waals surface area (Å²) in [5.74, 6) is 1.00. The van der Waals surface area contributed by atoms with Gasteiger partial charge in [0.2, 0.25) is 0 Å². The summed E-state index contributed by atoms with van der Waals surface area (Å²) in [5.41, 5.74) is 0. The first-order valence-corrected chi connectivity index (χ1v) is 15.7. The Kier molecular flexibility index (Phi) is 65.1. The first kappa shape index (κ1) is 48.9. The topological polar surface area (TPSA) is 48.1 Å². The second kappa shape index (κ2) is 48.0. The smallest absolute Gasteiger partial charge is 0.00640 e. The zero-order valence-corrected chi connectivity index (χ0v) is 29.0. The average Bonchev–Trinajstić information content (AvgIpc) is 3.66. The lowest BCUT2D eigenvalue weighted by Gasteiger charge is -2.23. The van der Waals surface area contributed by atoms with Gasteiger partial charge < -0.3 is 21.3 Å². The highest BCUT2D eigenvalue weighted by Crippen LogP contribution is 2.31. The van der Waals surface area contributed by atoms with Crippen molar-refractivity contribution in [3.05, 3.63) is 0 Å². The van der Waals surface area contributed by atoms with Crippen LogP contribution < -0.4 is 21.3 Å². The molecule has 0 aromatic heterocycles. The van der Waals surface area contributed by atoms with E-state index >= 15 is 0 Å². The Hall–Kier alpha value is -0.160. The molecule has 2 unspecified atom stereocenters. The predicted octanol–water partition coefficient (Wildman–Crippen LogP) is 9.05. The van der Waals surface area contributed by atoms with E-state index in [2.05, 4.69) is 111 Å². The van der Waals surface area contributed by atoms with Gasteiger partial charge in [-0.15, -0.1) is 0 Å². The van der Waals surface area contributed by atoms with E-state index in [-0.39, 0.29) is 0 Å². The highest BCUT2D eigenvalue weighted by atomic mass is 14.9. The molecule has 0 aromatic rings. The van der Waals surface area contributed by atoms with Crippen LogP contribution in [0.3, 0.4) is 0 Å². The van der Waals surface area contributed by atoms with Crippen LogP contribution in [0.5, 0.6) is 0 Å². The van der Waals surface area contributed by atoms with E-state index in [4.69, 9.17) is 0 Å². The summed E-state index contributed by atoms with van der Waals surface area (Å²) >= 11 is 0. The molecule has 4 nitrogen and oxygen atoms in total. The third kappa shape index (κ3) is 70.0. The van der Waals surface area contributed by atoms with Crippen molar-refractivity contribution in [2.24, 2.45) is 5.92 Å². The Bertz CT molecular complexity index is 269. The van der Waals surface area contributed by atoms with E-state index in [1.807, 2.05) is 28.2 Å². The molecule has 0 amide bonds. The fourth-order valence-corrected chi connectivity index (χ4v) is 1.73. The fraction of sp³-hybridized carbons (Fsp3) is 1.00. The summed E-state index contributed by atoms with van der Waals surface area (Å²) in [6.45, 7) is 27.8. The van der Waals surface area contributed by atoms with E-state index in [1.165, 1.54) is 64.2 Å². The lowest BCUT2D eigenvalue weighted by atomic mass is 9.94. The monoisotopic (exact) mass is 521 g/mol. The van der Waals surface area contributed by atoms with Crippen molar-refractivity contribution in [3.8, 4) is 0 Å². The van der Waals surface area contributed by atoms with Crippen LogP contribution in [0.4, 0.5) is 0 Å². The van der Waals surface area contributed by atoms with Crippen molar-refractivity contribution in [3.63, 3.8) is 0 Å². The van der Waals surface area contributed by atoms with Gasteiger partial charge in [-0.25, -0.2) is 0 Å². The number of rotatable bonds is 6. The Morgan fingerprint density at radius 2 is 0.889 bits per heavy atom. The van der Waals surface area contributed by atoms with Crippen molar-refractivity contribution in [1.29, 1.82) is 0 Å². The highest BCUT2D eigenvalue weighted by Gasteiger charge is 2.26. The standard InChI is InChI=1S/C6H13N.C5H11N.C5H13N.C4H11N.4C3H8/c1-5(7-2)6-3-4-6;1-6-5-3-2-4-5;1-4-5(2)6-3;1-4(2)5-3;4*1-3-2/h5-7H,3-4H2,1-2H3;5-6H,2-4H2,1H3;5-6H,4H2,1-3H3;4-5H,1-3H3;4*3H2,1-2H3. The maximum Gasteiger partial charge on any atom is 0.00640 e. The van der Waals surface area contributed by atoms with Gasteiger partial charge in [0.25, 0.3) is 0 Å². The minimum absolute atomic E-state index is 0.634. The third-order valence-corrected chi connectivity index (χ3v) is 4.98. The van der Waals surface area contributed by atoms with E-state index < -0.39 is 0 Å². The molecule has 2 fully saturated rings. The van der Waals surface area contributed by atoms with Crippen molar-refractivity contribution in [1.82, 2.24) is 21.3 Å². The second-order valence-electron chi connectivity index (χ2n) is 10.2. The molecule has 2 rings (SSSR count). The van der Waals surface area contributed by atoms with Crippen LogP contribution in [0, 0.1) is 5.92 Å². The molecule has 0 saturated heterocycles. The van der Waals surface area contributed by atoms with Gasteiger partial charge in [-0.3, -0.25) is 0 Å². The average molecular weight is 521 g/mol. The van der Waals surface area contributed by atoms with Crippen LogP contribution >= 0.6 is 0 Å². The van der Waals surface area contributed by atoms with Crippen LogP contribution in [0.15, 0.2) is 0 Å². The van der Waals surface area contributed by atoms with Crippen molar-refractivity contribution < 1.29 is 0 Å². The third-order valence-electron chi connectivity index (χ3n) is 4.98. The second-order valence-corrected chi connectivity index (χ2v) is 10.2. The quantitative estimate of drug-likeness (QED) is 0.282. The molecule has 0 heterocycles. The van der Waals surface area contributed by atoms with Crippen LogP contribution in [0.1, 0.15) is 154 Å². The van der Waals surface area contributed by atoms with Crippen molar-refractivity contribution in [2.45, 2.75) is 178 Å². The largest absolute Gasteiger partial charge is 0.318 e. The van der Waals surface area contributed by atoms with Gasteiger partial charge in [-0.05, 0) is 80.1 Å². The van der Waals surface area contributed by atoms with E-state index in [0.717, 1.165) is 18.0 Å². The van der Waals surface area contributed by atoms with Crippen LogP contribution in [0.2, 0.25) is 0 Å². The van der Waals surface area contributed by atoms with E-state index in [0.29, 0.717) is 12.1 Å². The lowest BCUT2D eigenvalue weighted by Crippen LogP contribution is -2.31. The summed E-state index contributed by atoms with van der Waals surface area (Å²) in [6, 6.07) is 2.95. The van der Waals surface area contributed by atoms with Gasteiger partial charge in [0.05, 0.1) is 0 Å². The molecule has 0 bridgehead atoms. The molecule has 0 radical (unpaired) electrons. The lowest BCUT2D eigenvalue weighted by molar-refractivity contribution is 0.361. The Morgan fingerprint density at radius 3 is 0.917 bits per heavy atom. The van der Waals surface area contributed by atoms with Crippen molar-refractivity contribution in [2.75, 3.05) is 28.2 Å². The zero-order chi connectivity index (χ0) is 29.8. The van der Waals surface area contributed by atoms with Gasteiger partial charge in [0.1, 0.15) is 0 Å². The number of nitrogens with one attached hydrogen (secondary N) is 4. The zero-order valence-electron chi connectivity index (χ0n) is 29.0. The summed E-state index contributed by atoms with van der Waals surface area (Å²) in [5, 5.41) is 12.6. The summed E-state index contributed by atoms with van der Waals surface area (Å²) in [7, 11) is 7.99. The molecule has 36 heavy (non-hydrogen) atoms. The maximum atomic E-state index is 3.23. The van der Waals surface area contributed by atoms with Gasteiger partial charge in [-0.2, -0.15) is 0 Å². The number of hydrogen-bond acceptors (Lipinski definition) is 4. The van der Waals surface area contributed by atoms with Gasteiger partial charge in [0, 0.05) is 24.2 Å². The molecule has 0 spiro atoms. The summed E-state index contributed by atoms with van der Waals surface area (Å²) in [6.07, 6.45) is 13.3. The van der Waals surface area contributed by atoms with Crippen molar-refractivity contribution >= 4 is 0 Å². The maximum absolute atomic E-state index is 3.23. The minimum Gasteiger partial charge on any atom is -0.318 e. The molecule has 2 aliphatic rings. The minimum atomic E-state index is 0.634. The van der Waals surface area contributed by atoms with Gasteiger partial charge in [-0.1, -0.05) is 108 Å². The van der Waals surface area contributed by atoms with E-state index in [1.54, 1.807) is 0 Å². The molecule has 2 aliphatic carbocycles. The molecule has 228 valence electrons. The van der Waals surface area contributed by atoms with Crippen LogP contribution in [-0.4, -0.2) is 52.4 Å².